The molecule has 0 bridgehead atoms. The Kier molecular flexibility index (Phi) is 4.40. The fourth-order valence-electron chi connectivity index (χ4n) is 1.78. The second kappa shape index (κ2) is 6.43. The molecule has 0 saturated heterocycles. The van der Waals surface area contributed by atoms with Crippen LogP contribution in [-0.2, 0) is 6.61 Å². The maximum Gasteiger partial charge on any atom is 0.467 e. The monoisotopic (exact) mass is 271 g/mol. The molecule has 0 atom stereocenters. The first-order chi connectivity index (χ1) is 9.78. The van der Waals surface area contributed by atoms with E-state index in [-0.39, 0.29) is 5.69 Å². The van der Waals surface area contributed by atoms with Crippen molar-refractivity contribution < 1.29 is 14.2 Å². The van der Waals surface area contributed by atoms with E-state index >= 15 is 0 Å². The van der Waals surface area contributed by atoms with Gasteiger partial charge in [0, 0.05) is 12.1 Å². The summed E-state index contributed by atoms with van der Waals surface area (Å²) in [6.07, 6.45) is 0. The van der Waals surface area contributed by atoms with Crippen molar-refractivity contribution in [3.8, 4) is 17.2 Å². The highest BCUT2D eigenvalue weighted by atomic mass is 16.5. The molecule has 2 aromatic carbocycles. The quantitative estimate of drug-likeness (QED) is 0.777. The lowest BCUT2D eigenvalue weighted by molar-refractivity contribution is 0.303. The van der Waals surface area contributed by atoms with Gasteiger partial charge < -0.3 is 14.2 Å². The molecule has 0 saturated carbocycles. The third-order valence-electron chi connectivity index (χ3n) is 2.81. The number of ether oxygens (including phenoxy) is 3. The molecule has 0 N–H and O–H groups in total. The van der Waals surface area contributed by atoms with Crippen molar-refractivity contribution in [2.24, 2.45) is 0 Å². The Morgan fingerprint density at radius 3 is 2.30 bits per heavy atom. The SMILES string of the molecule is COc1cc(OC)c([N+]#N)c(OCc2ccccc2)c1. The summed E-state index contributed by atoms with van der Waals surface area (Å²) in [6, 6.07) is 13.0. The molecule has 0 spiro atoms. The minimum Gasteiger partial charge on any atom is -0.496 e. The van der Waals surface area contributed by atoms with Gasteiger partial charge in [-0.15, -0.1) is 0 Å². The van der Waals surface area contributed by atoms with Crippen LogP contribution >= 0.6 is 0 Å². The smallest absolute Gasteiger partial charge is 0.467 e. The van der Waals surface area contributed by atoms with Gasteiger partial charge >= 0.3 is 5.69 Å². The molecule has 0 aromatic heterocycles. The van der Waals surface area contributed by atoms with Crippen LogP contribution in [0.2, 0.25) is 0 Å². The van der Waals surface area contributed by atoms with Crippen LogP contribution in [0.4, 0.5) is 5.69 Å². The summed E-state index contributed by atoms with van der Waals surface area (Å²) in [5.41, 5.74) is 1.25. The highest BCUT2D eigenvalue weighted by Gasteiger charge is 2.25. The standard InChI is InChI=1S/C15H15N2O3/c1-18-12-8-13(19-2)15(17-16)14(9-12)20-10-11-6-4-3-5-7-11/h3-9H,10H2,1-2H3/q+1. The Balaban J connectivity index is 2.28. The van der Waals surface area contributed by atoms with Gasteiger partial charge in [0.15, 0.2) is 4.98 Å². The fraction of sp³-hybridized carbons (Fsp3) is 0.200. The molecule has 0 aliphatic carbocycles. The number of benzene rings is 2. The Morgan fingerprint density at radius 2 is 1.70 bits per heavy atom. The minimum atomic E-state index is 0.240. The Bertz CT molecular complexity index is 621. The van der Waals surface area contributed by atoms with Gasteiger partial charge in [0.2, 0.25) is 16.9 Å². The average Bonchev–Trinajstić information content (AvgIpc) is 2.52. The number of hydrogen-bond acceptors (Lipinski definition) is 4. The van der Waals surface area contributed by atoms with Crippen molar-refractivity contribution in [2.45, 2.75) is 6.61 Å². The molecule has 0 radical (unpaired) electrons. The molecular formula is C15H15N2O3+. The largest absolute Gasteiger partial charge is 0.496 e. The van der Waals surface area contributed by atoms with Gasteiger partial charge in [-0.2, -0.15) is 0 Å². The Labute approximate surface area is 117 Å². The van der Waals surface area contributed by atoms with E-state index in [1.165, 1.54) is 7.11 Å². The number of diazo groups is 1. The molecule has 2 aromatic rings. The molecule has 0 amide bonds. The molecule has 0 fully saturated rings. The molecule has 5 heteroatoms. The summed E-state index contributed by atoms with van der Waals surface area (Å²) < 4.78 is 16.0. The summed E-state index contributed by atoms with van der Waals surface area (Å²) in [4.78, 5) is 3.22. The third-order valence-corrected chi connectivity index (χ3v) is 2.81. The summed E-state index contributed by atoms with van der Waals surface area (Å²) in [7, 11) is 3.04. The zero-order chi connectivity index (χ0) is 14.4. The molecule has 0 heterocycles. The summed E-state index contributed by atoms with van der Waals surface area (Å²) >= 11 is 0. The van der Waals surface area contributed by atoms with Crippen molar-refractivity contribution in [3.63, 3.8) is 0 Å². The van der Waals surface area contributed by atoms with E-state index in [9.17, 15) is 0 Å². The maximum atomic E-state index is 9.12. The first kappa shape index (κ1) is 13.7. The zero-order valence-electron chi connectivity index (χ0n) is 11.4. The van der Waals surface area contributed by atoms with Gasteiger partial charge in [0.05, 0.1) is 14.2 Å². The molecule has 2 rings (SSSR count). The number of rotatable bonds is 5. The van der Waals surface area contributed by atoms with Crippen LogP contribution in [0.15, 0.2) is 42.5 Å². The highest BCUT2D eigenvalue weighted by Crippen LogP contribution is 2.41. The van der Waals surface area contributed by atoms with Gasteiger partial charge in [-0.1, -0.05) is 30.3 Å². The molecular weight excluding hydrogens is 256 g/mol. The number of nitrogens with zero attached hydrogens (tertiary/aromatic N) is 2. The molecule has 5 nitrogen and oxygen atoms in total. The normalized spacial score (nSPS) is 9.65. The van der Waals surface area contributed by atoms with Crippen LogP contribution < -0.4 is 14.2 Å². The van der Waals surface area contributed by atoms with Crippen molar-refractivity contribution in [3.05, 3.63) is 53.0 Å². The zero-order valence-corrected chi connectivity index (χ0v) is 11.4. The predicted octanol–water partition coefficient (Wildman–Crippen LogP) is 3.77. The van der Waals surface area contributed by atoms with Crippen LogP contribution in [0.5, 0.6) is 17.2 Å². The van der Waals surface area contributed by atoms with Crippen molar-refractivity contribution in [1.29, 1.82) is 5.39 Å². The maximum absolute atomic E-state index is 9.12. The summed E-state index contributed by atoms with van der Waals surface area (Å²) in [5.74, 6) is 1.35. The van der Waals surface area contributed by atoms with E-state index in [1.807, 2.05) is 30.3 Å². The van der Waals surface area contributed by atoms with Crippen LogP contribution in [0.25, 0.3) is 4.98 Å². The number of methoxy groups -OCH3 is 2. The lowest BCUT2D eigenvalue weighted by Gasteiger charge is -2.08. The van der Waals surface area contributed by atoms with E-state index in [0.29, 0.717) is 23.9 Å². The molecule has 0 aliphatic rings. The van der Waals surface area contributed by atoms with Crippen molar-refractivity contribution in [1.82, 2.24) is 0 Å². The van der Waals surface area contributed by atoms with Crippen LogP contribution in [0, 0.1) is 5.39 Å². The predicted molar refractivity (Wildman–Crippen MR) is 75.1 cm³/mol. The molecule has 0 unspecified atom stereocenters. The third kappa shape index (κ3) is 2.98. The van der Waals surface area contributed by atoms with Gasteiger partial charge in [-0.25, -0.2) is 0 Å². The topological polar surface area (TPSA) is 55.8 Å². The second-order valence-electron chi connectivity index (χ2n) is 4.05. The average molecular weight is 271 g/mol. The minimum absolute atomic E-state index is 0.240. The lowest BCUT2D eigenvalue weighted by atomic mass is 10.2. The van der Waals surface area contributed by atoms with Crippen molar-refractivity contribution >= 4 is 5.69 Å². The lowest BCUT2D eigenvalue weighted by Crippen LogP contribution is -1.97. The van der Waals surface area contributed by atoms with Gasteiger partial charge in [-0.05, 0) is 5.56 Å². The summed E-state index contributed by atoms with van der Waals surface area (Å²) in [6.45, 7) is 0.361. The van der Waals surface area contributed by atoms with E-state index < -0.39 is 0 Å². The Hall–Kier alpha value is -2.74. The number of hydrogen-bond donors (Lipinski definition) is 0. The van der Waals surface area contributed by atoms with E-state index in [1.54, 1.807) is 19.2 Å². The van der Waals surface area contributed by atoms with E-state index in [4.69, 9.17) is 19.6 Å². The van der Waals surface area contributed by atoms with E-state index in [2.05, 4.69) is 4.98 Å². The molecule has 0 aliphatic heterocycles. The van der Waals surface area contributed by atoms with Crippen LogP contribution in [0.3, 0.4) is 0 Å². The van der Waals surface area contributed by atoms with Gasteiger partial charge in [0.1, 0.15) is 12.4 Å². The highest BCUT2D eigenvalue weighted by molar-refractivity contribution is 5.69. The van der Waals surface area contributed by atoms with Crippen LogP contribution in [0.1, 0.15) is 5.56 Å². The van der Waals surface area contributed by atoms with Gasteiger partial charge in [-0.3, -0.25) is 0 Å². The molecule has 102 valence electrons. The molecule has 20 heavy (non-hydrogen) atoms. The first-order valence-electron chi connectivity index (χ1n) is 6.06. The first-order valence-corrected chi connectivity index (χ1v) is 6.06. The van der Waals surface area contributed by atoms with Crippen molar-refractivity contribution in [2.75, 3.05) is 14.2 Å². The summed E-state index contributed by atoms with van der Waals surface area (Å²) in [5, 5.41) is 9.12. The Morgan fingerprint density at radius 1 is 1.00 bits per heavy atom. The van der Waals surface area contributed by atoms with Gasteiger partial charge in [0.25, 0.3) is 0 Å². The fourth-order valence-corrected chi connectivity index (χ4v) is 1.78. The second-order valence-corrected chi connectivity index (χ2v) is 4.05. The van der Waals surface area contributed by atoms with E-state index in [0.717, 1.165) is 5.56 Å². The van der Waals surface area contributed by atoms with Crippen LogP contribution in [-0.4, -0.2) is 14.2 Å².